The smallest absolute Gasteiger partial charge is 0.327 e. The van der Waals surface area contributed by atoms with Crippen LogP contribution in [-0.4, -0.2) is 41.7 Å². The molecule has 0 amide bonds. The Morgan fingerprint density at radius 2 is 0.977 bits per heavy atom. The molecule has 0 saturated carbocycles. The molecule has 0 spiro atoms. The van der Waals surface area contributed by atoms with Crippen LogP contribution in [0.2, 0.25) is 0 Å². The minimum atomic E-state index is -2.48. The Morgan fingerprint density at radius 3 is 1.43 bits per heavy atom. The van der Waals surface area contributed by atoms with Gasteiger partial charge in [0.05, 0.1) is 13.2 Å². The molecular formula is C37H73O6P. The fourth-order valence-corrected chi connectivity index (χ4v) is 5.76. The van der Waals surface area contributed by atoms with Crippen LogP contribution >= 0.6 is 8.60 Å². The molecule has 0 aromatic carbocycles. The zero-order valence-corrected chi connectivity index (χ0v) is 30.0. The molecule has 6 nitrogen and oxygen atoms in total. The Bertz CT molecular complexity index is 601. The van der Waals surface area contributed by atoms with Gasteiger partial charge >= 0.3 is 14.6 Å². The van der Waals surface area contributed by atoms with E-state index in [1.165, 1.54) is 135 Å². The molecule has 0 aromatic rings. The number of hydrogen-bond donors (Lipinski definition) is 2. The Balaban J connectivity index is 3.72. The summed E-state index contributed by atoms with van der Waals surface area (Å²) in [4.78, 5) is 30.6. The van der Waals surface area contributed by atoms with Crippen molar-refractivity contribution in [3.8, 4) is 0 Å². The molecule has 0 heterocycles. The first kappa shape index (κ1) is 43.5. The van der Waals surface area contributed by atoms with Gasteiger partial charge in [0, 0.05) is 13.0 Å². The molecule has 0 unspecified atom stereocenters. The molecule has 0 saturated heterocycles. The monoisotopic (exact) mass is 645 g/mol. The molecule has 1 atom stereocenters. The van der Waals surface area contributed by atoms with Gasteiger partial charge in [0.15, 0.2) is 0 Å². The third-order valence-corrected chi connectivity index (χ3v) is 8.64. The van der Waals surface area contributed by atoms with E-state index in [2.05, 4.69) is 26.0 Å². The first-order valence-electron chi connectivity index (χ1n) is 18.8. The van der Waals surface area contributed by atoms with E-state index >= 15 is 0 Å². The van der Waals surface area contributed by atoms with Crippen molar-refractivity contribution < 1.29 is 28.6 Å². The largest absolute Gasteiger partial charge is 0.457 e. The normalized spacial score (nSPS) is 12.5. The number of allylic oxidation sites excluding steroid dienone is 2. The van der Waals surface area contributed by atoms with Gasteiger partial charge in [-0.1, -0.05) is 161 Å². The van der Waals surface area contributed by atoms with Gasteiger partial charge in [0.1, 0.15) is 6.10 Å². The van der Waals surface area contributed by atoms with Crippen LogP contribution in [0, 0.1) is 0 Å². The summed E-state index contributed by atoms with van der Waals surface area (Å²) in [5, 5.41) is 0. The van der Waals surface area contributed by atoms with Crippen LogP contribution in [-0.2, 0) is 18.8 Å². The maximum Gasteiger partial charge on any atom is 0.327 e. The summed E-state index contributed by atoms with van der Waals surface area (Å²) in [7, 11) is -2.48. The molecule has 0 radical (unpaired) electrons. The number of rotatable bonds is 36. The summed E-state index contributed by atoms with van der Waals surface area (Å²) in [6.45, 7) is 5.31. The zero-order valence-electron chi connectivity index (χ0n) is 29.1. The summed E-state index contributed by atoms with van der Waals surface area (Å²) < 4.78 is 16.2. The summed E-state index contributed by atoms with van der Waals surface area (Å²) in [6, 6.07) is 0. The second kappa shape index (κ2) is 36.9. The second-order valence-electron chi connectivity index (χ2n) is 12.7. The van der Waals surface area contributed by atoms with Gasteiger partial charge in [-0.05, 0) is 38.5 Å². The molecule has 0 aliphatic rings. The number of carbonyl (C=O) groups excluding carboxylic acids is 1. The second-order valence-corrected chi connectivity index (χ2v) is 13.4. The third kappa shape index (κ3) is 36.0. The highest BCUT2D eigenvalue weighted by Gasteiger charge is 2.17. The van der Waals surface area contributed by atoms with Crippen molar-refractivity contribution in [2.75, 3.05) is 19.8 Å². The van der Waals surface area contributed by atoms with E-state index < -0.39 is 14.7 Å². The molecule has 0 aliphatic heterocycles. The summed E-state index contributed by atoms with van der Waals surface area (Å²) in [6.07, 6.45) is 38.7. The lowest BCUT2D eigenvalue weighted by Crippen LogP contribution is -2.28. The molecule has 0 rings (SSSR count). The van der Waals surface area contributed by atoms with E-state index in [9.17, 15) is 4.79 Å². The average Bonchev–Trinajstić information content (AvgIpc) is 3.01. The van der Waals surface area contributed by atoms with E-state index in [1.807, 2.05) is 0 Å². The highest BCUT2D eigenvalue weighted by molar-refractivity contribution is 7.39. The van der Waals surface area contributed by atoms with E-state index in [-0.39, 0.29) is 19.2 Å². The van der Waals surface area contributed by atoms with Crippen molar-refractivity contribution in [1.29, 1.82) is 0 Å². The lowest BCUT2D eigenvalue weighted by Gasteiger charge is -2.18. The van der Waals surface area contributed by atoms with Gasteiger partial charge in [0.2, 0.25) is 0 Å². The number of esters is 1. The van der Waals surface area contributed by atoms with Gasteiger partial charge in [-0.2, -0.15) is 0 Å². The molecular weight excluding hydrogens is 571 g/mol. The Morgan fingerprint density at radius 1 is 0.568 bits per heavy atom. The number of unbranched alkanes of at least 4 members (excludes halogenated alkanes) is 24. The first-order chi connectivity index (χ1) is 21.6. The fourth-order valence-electron chi connectivity index (χ4n) is 5.46. The Kier molecular flexibility index (Phi) is 36.5. The fraction of sp³-hybridized carbons (Fsp3) is 0.919. The highest BCUT2D eigenvalue weighted by Crippen LogP contribution is 2.25. The van der Waals surface area contributed by atoms with E-state index in [0.717, 1.165) is 38.5 Å². The minimum Gasteiger partial charge on any atom is -0.457 e. The van der Waals surface area contributed by atoms with Crippen molar-refractivity contribution >= 4 is 14.6 Å². The number of ether oxygens (including phenoxy) is 2. The molecule has 44 heavy (non-hydrogen) atoms. The van der Waals surface area contributed by atoms with Gasteiger partial charge in [-0.3, -0.25) is 4.79 Å². The van der Waals surface area contributed by atoms with Crippen LogP contribution in [0.15, 0.2) is 12.2 Å². The average molecular weight is 645 g/mol. The summed E-state index contributed by atoms with van der Waals surface area (Å²) >= 11 is 0. The summed E-state index contributed by atoms with van der Waals surface area (Å²) in [5.41, 5.74) is 0. The first-order valence-corrected chi connectivity index (χ1v) is 20.0. The molecule has 0 aromatic heterocycles. The number of hydrogen-bond acceptors (Lipinski definition) is 6. The van der Waals surface area contributed by atoms with E-state index in [1.54, 1.807) is 0 Å². The lowest BCUT2D eigenvalue weighted by molar-refractivity contribution is -0.154. The van der Waals surface area contributed by atoms with Crippen LogP contribution in [0.5, 0.6) is 0 Å². The van der Waals surface area contributed by atoms with Crippen LogP contribution < -0.4 is 0 Å². The molecule has 0 bridgehead atoms. The Hall–Kier alpha value is -0.520. The lowest BCUT2D eigenvalue weighted by atomic mass is 10.0. The van der Waals surface area contributed by atoms with Crippen molar-refractivity contribution in [3.63, 3.8) is 0 Å². The van der Waals surface area contributed by atoms with Crippen LogP contribution in [0.3, 0.4) is 0 Å². The van der Waals surface area contributed by atoms with Crippen molar-refractivity contribution in [2.45, 2.75) is 200 Å². The van der Waals surface area contributed by atoms with Crippen LogP contribution in [0.1, 0.15) is 194 Å². The Labute approximate surface area is 274 Å². The zero-order chi connectivity index (χ0) is 32.2. The van der Waals surface area contributed by atoms with Gasteiger partial charge in [-0.25, -0.2) is 0 Å². The highest BCUT2D eigenvalue weighted by atomic mass is 31.2. The maximum atomic E-state index is 12.3. The SMILES string of the molecule is CCCCCCCC/C=C/CCCCCCCC(=O)O[C@@H](COCCCCCCCCCCCCCCCC)COP(O)O. The van der Waals surface area contributed by atoms with Crippen LogP contribution in [0.4, 0.5) is 0 Å². The van der Waals surface area contributed by atoms with Crippen molar-refractivity contribution in [1.82, 2.24) is 0 Å². The molecule has 2 N–H and O–H groups in total. The van der Waals surface area contributed by atoms with Crippen LogP contribution in [0.25, 0.3) is 0 Å². The quantitative estimate of drug-likeness (QED) is 0.0305. The standard InChI is InChI=1S/C37H73O6P/c1-3-5-7-9-11-13-15-17-19-20-22-24-26-28-30-32-37(38)43-36(35-42-44(39)40)34-41-33-31-29-27-25-23-21-18-16-14-12-10-8-6-4-2/h17,19,36,39-40H,3-16,18,20-35H2,1-2H3/b19-17+/t36-/m0/s1. The van der Waals surface area contributed by atoms with E-state index in [0.29, 0.717) is 13.0 Å². The molecule has 0 fully saturated rings. The molecule has 262 valence electrons. The van der Waals surface area contributed by atoms with Gasteiger partial charge < -0.3 is 23.8 Å². The molecule has 0 aliphatic carbocycles. The topological polar surface area (TPSA) is 85.2 Å². The molecule has 7 heteroatoms. The predicted octanol–water partition coefficient (Wildman–Crippen LogP) is 11.7. The van der Waals surface area contributed by atoms with Gasteiger partial charge in [-0.15, -0.1) is 0 Å². The predicted molar refractivity (Wildman–Crippen MR) is 188 cm³/mol. The van der Waals surface area contributed by atoms with Gasteiger partial charge in [0.25, 0.3) is 0 Å². The van der Waals surface area contributed by atoms with E-state index in [4.69, 9.17) is 23.8 Å². The third-order valence-electron chi connectivity index (χ3n) is 8.26. The minimum absolute atomic E-state index is 0.0600. The van der Waals surface area contributed by atoms with Crippen molar-refractivity contribution in [3.05, 3.63) is 12.2 Å². The number of carbonyl (C=O) groups is 1. The van der Waals surface area contributed by atoms with Crippen molar-refractivity contribution in [2.24, 2.45) is 0 Å². The summed E-state index contributed by atoms with van der Waals surface area (Å²) in [5.74, 6) is -0.267. The maximum absolute atomic E-state index is 12.3.